The van der Waals surface area contributed by atoms with Crippen molar-refractivity contribution >= 4 is 5.91 Å². The van der Waals surface area contributed by atoms with Gasteiger partial charge in [0.05, 0.1) is 0 Å². The molecule has 1 amide bonds. The highest BCUT2D eigenvalue weighted by Crippen LogP contribution is 2.16. The first-order valence-corrected chi connectivity index (χ1v) is 4.83. The van der Waals surface area contributed by atoms with E-state index in [2.05, 4.69) is 0 Å². The van der Waals surface area contributed by atoms with Crippen molar-refractivity contribution in [3.8, 4) is 0 Å². The highest BCUT2D eigenvalue weighted by atomic mass is 16.5. The van der Waals surface area contributed by atoms with Crippen LogP contribution in [0.25, 0.3) is 0 Å². The van der Waals surface area contributed by atoms with Gasteiger partial charge in [-0.05, 0) is 25.3 Å². The van der Waals surface area contributed by atoms with E-state index < -0.39 is 5.91 Å². The van der Waals surface area contributed by atoms with E-state index in [1.165, 1.54) is 0 Å². The zero-order chi connectivity index (χ0) is 10.6. The standard InChI is InChI=1S/C8H18N4O2/c9-5-7-1-3-11(4-2-7)12(14)6-8(10)13/h7,14H,1-6,9H2,(H2,10,13). The quantitative estimate of drug-likeness (QED) is 0.495. The van der Waals surface area contributed by atoms with Gasteiger partial charge in [-0.3, -0.25) is 10.0 Å². The molecule has 82 valence electrons. The number of primary amides is 1. The molecule has 0 spiro atoms. The number of hydroxylamine groups is 1. The fourth-order valence-electron chi connectivity index (χ4n) is 1.63. The van der Waals surface area contributed by atoms with Crippen molar-refractivity contribution in [1.29, 1.82) is 0 Å². The number of piperidine rings is 1. The summed E-state index contributed by atoms with van der Waals surface area (Å²) in [6, 6.07) is 0. The SMILES string of the molecule is NCC1CCN(N(O)CC(N)=O)CC1. The lowest BCUT2D eigenvalue weighted by molar-refractivity contribution is -0.249. The second-order valence-electron chi connectivity index (χ2n) is 3.63. The van der Waals surface area contributed by atoms with Crippen molar-refractivity contribution in [1.82, 2.24) is 10.2 Å². The number of rotatable bonds is 4. The molecule has 0 aromatic carbocycles. The first kappa shape index (κ1) is 11.4. The number of hydrogen-bond donors (Lipinski definition) is 3. The highest BCUT2D eigenvalue weighted by Gasteiger charge is 2.22. The van der Waals surface area contributed by atoms with Gasteiger partial charge in [-0.15, -0.1) is 5.17 Å². The van der Waals surface area contributed by atoms with Crippen LogP contribution in [-0.2, 0) is 4.79 Å². The molecule has 1 heterocycles. The molecule has 6 heteroatoms. The highest BCUT2D eigenvalue weighted by molar-refractivity contribution is 5.75. The van der Waals surface area contributed by atoms with E-state index in [4.69, 9.17) is 11.5 Å². The van der Waals surface area contributed by atoms with Crippen LogP contribution in [0.2, 0.25) is 0 Å². The summed E-state index contributed by atoms with van der Waals surface area (Å²) in [6.45, 7) is 2.00. The zero-order valence-electron chi connectivity index (χ0n) is 8.22. The maximum atomic E-state index is 10.5. The molecular weight excluding hydrogens is 184 g/mol. The largest absolute Gasteiger partial charge is 0.368 e. The molecule has 1 saturated heterocycles. The molecule has 0 aromatic heterocycles. The summed E-state index contributed by atoms with van der Waals surface area (Å²) in [7, 11) is 0. The van der Waals surface area contributed by atoms with Crippen LogP contribution in [0, 0.1) is 5.92 Å². The number of hydrazine groups is 1. The molecule has 1 aliphatic heterocycles. The molecule has 0 atom stereocenters. The molecule has 1 aliphatic rings. The van der Waals surface area contributed by atoms with E-state index in [1.54, 1.807) is 5.01 Å². The van der Waals surface area contributed by atoms with Gasteiger partial charge in [-0.25, -0.2) is 5.01 Å². The summed E-state index contributed by atoms with van der Waals surface area (Å²) in [6.07, 6.45) is 1.90. The first-order valence-electron chi connectivity index (χ1n) is 4.83. The van der Waals surface area contributed by atoms with Gasteiger partial charge >= 0.3 is 0 Å². The molecular formula is C8H18N4O2. The number of carbonyl (C=O) groups is 1. The summed E-state index contributed by atoms with van der Waals surface area (Å²) in [5, 5.41) is 12.0. The lowest BCUT2D eigenvalue weighted by Crippen LogP contribution is -2.48. The van der Waals surface area contributed by atoms with E-state index in [-0.39, 0.29) is 6.54 Å². The molecule has 0 aliphatic carbocycles. The summed E-state index contributed by atoms with van der Waals surface area (Å²) in [5.74, 6) is 0.00155. The number of nitrogens with zero attached hydrogens (tertiary/aromatic N) is 2. The van der Waals surface area contributed by atoms with E-state index in [0.29, 0.717) is 12.5 Å². The minimum absolute atomic E-state index is 0.146. The van der Waals surface area contributed by atoms with Gasteiger partial charge in [0.15, 0.2) is 0 Å². The van der Waals surface area contributed by atoms with Crippen LogP contribution >= 0.6 is 0 Å². The maximum Gasteiger partial charge on any atom is 0.235 e. The second kappa shape index (κ2) is 5.26. The van der Waals surface area contributed by atoms with Crippen molar-refractivity contribution < 1.29 is 10.0 Å². The lowest BCUT2D eigenvalue weighted by atomic mass is 9.98. The minimum Gasteiger partial charge on any atom is -0.368 e. The third-order valence-corrected chi connectivity index (χ3v) is 2.55. The van der Waals surface area contributed by atoms with Gasteiger partial charge < -0.3 is 11.5 Å². The normalized spacial score (nSPS) is 20.2. The molecule has 1 fully saturated rings. The molecule has 0 bridgehead atoms. The maximum absolute atomic E-state index is 10.5. The van der Waals surface area contributed by atoms with Crippen LogP contribution in [0.5, 0.6) is 0 Å². The Morgan fingerprint density at radius 3 is 2.50 bits per heavy atom. The average molecular weight is 202 g/mol. The predicted octanol–water partition coefficient (Wildman–Crippen LogP) is -1.25. The predicted molar refractivity (Wildman–Crippen MR) is 51.0 cm³/mol. The molecule has 0 radical (unpaired) electrons. The summed E-state index contributed by atoms with van der Waals surface area (Å²) in [4.78, 5) is 10.5. The number of nitrogens with two attached hydrogens (primary N) is 2. The van der Waals surface area contributed by atoms with E-state index in [9.17, 15) is 10.0 Å². The molecule has 1 rings (SSSR count). The van der Waals surface area contributed by atoms with E-state index in [0.717, 1.165) is 31.1 Å². The molecule has 0 saturated carbocycles. The third kappa shape index (κ3) is 3.22. The number of amides is 1. The van der Waals surface area contributed by atoms with Gasteiger partial charge in [0.2, 0.25) is 5.91 Å². The van der Waals surface area contributed by atoms with Crippen LogP contribution in [0.3, 0.4) is 0 Å². The number of hydrogen-bond acceptors (Lipinski definition) is 5. The van der Waals surface area contributed by atoms with Crippen molar-refractivity contribution in [3.63, 3.8) is 0 Å². The van der Waals surface area contributed by atoms with Crippen LogP contribution < -0.4 is 11.5 Å². The van der Waals surface area contributed by atoms with Crippen molar-refractivity contribution in [2.75, 3.05) is 26.2 Å². The average Bonchev–Trinajstić information content (AvgIpc) is 2.17. The molecule has 14 heavy (non-hydrogen) atoms. The molecule has 6 nitrogen and oxygen atoms in total. The second-order valence-corrected chi connectivity index (χ2v) is 3.63. The Morgan fingerprint density at radius 2 is 2.07 bits per heavy atom. The van der Waals surface area contributed by atoms with Gasteiger partial charge in [-0.1, -0.05) is 0 Å². The molecule has 0 unspecified atom stereocenters. The monoisotopic (exact) mass is 202 g/mol. The zero-order valence-corrected chi connectivity index (χ0v) is 8.22. The Balaban J connectivity index is 2.30. The van der Waals surface area contributed by atoms with Gasteiger partial charge in [0.1, 0.15) is 6.54 Å². The summed E-state index contributed by atoms with van der Waals surface area (Å²) in [5.41, 5.74) is 10.5. The van der Waals surface area contributed by atoms with Crippen LogP contribution in [0.1, 0.15) is 12.8 Å². The van der Waals surface area contributed by atoms with Crippen LogP contribution in [-0.4, -0.2) is 47.5 Å². The van der Waals surface area contributed by atoms with E-state index >= 15 is 0 Å². The van der Waals surface area contributed by atoms with Crippen molar-refractivity contribution in [2.24, 2.45) is 17.4 Å². The van der Waals surface area contributed by atoms with Crippen LogP contribution in [0.15, 0.2) is 0 Å². The van der Waals surface area contributed by atoms with Gasteiger partial charge in [-0.2, -0.15) is 0 Å². The molecule has 0 aromatic rings. The van der Waals surface area contributed by atoms with Crippen molar-refractivity contribution in [2.45, 2.75) is 12.8 Å². The Labute approximate surface area is 83.4 Å². The van der Waals surface area contributed by atoms with Crippen molar-refractivity contribution in [3.05, 3.63) is 0 Å². The fourth-order valence-corrected chi connectivity index (χ4v) is 1.63. The number of carbonyl (C=O) groups excluding carboxylic acids is 1. The Kier molecular flexibility index (Phi) is 4.27. The lowest BCUT2D eigenvalue weighted by Gasteiger charge is -2.35. The molecule has 5 N–H and O–H groups in total. The van der Waals surface area contributed by atoms with Gasteiger partial charge in [0, 0.05) is 13.1 Å². The minimum atomic E-state index is -0.534. The topological polar surface area (TPSA) is 95.8 Å². The fraction of sp³-hybridized carbons (Fsp3) is 0.875. The van der Waals surface area contributed by atoms with E-state index in [1.807, 2.05) is 0 Å². The Bertz CT molecular complexity index is 192. The first-order chi connectivity index (χ1) is 6.63. The van der Waals surface area contributed by atoms with Crippen LogP contribution in [0.4, 0.5) is 0 Å². The third-order valence-electron chi connectivity index (χ3n) is 2.55. The Morgan fingerprint density at radius 1 is 1.50 bits per heavy atom. The Hall–Kier alpha value is -0.690. The smallest absolute Gasteiger partial charge is 0.235 e. The summed E-state index contributed by atoms with van der Waals surface area (Å²) < 4.78 is 0. The summed E-state index contributed by atoms with van der Waals surface area (Å²) >= 11 is 0. The van der Waals surface area contributed by atoms with Gasteiger partial charge in [0.25, 0.3) is 0 Å².